The van der Waals surface area contributed by atoms with Gasteiger partial charge >= 0.3 is 0 Å². The highest BCUT2D eigenvalue weighted by Crippen LogP contribution is 2.29. The normalized spacial score (nSPS) is 10.7. The zero-order valence-electron chi connectivity index (χ0n) is 15.1. The molecule has 1 amide bonds. The number of nitrogens with one attached hydrogen (secondary N) is 1. The summed E-state index contributed by atoms with van der Waals surface area (Å²) in [5.74, 6) is 0.638. The summed E-state index contributed by atoms with van der Waals surface area (Å²) in [5, 5.41) is 3.99. The Hall–Kier alpha value is -3.31. The van der Waals surface area contributed by atoms with Crippen molar-refractivity contribution in [1.29, 1.82) is 0 Å². The number of nitrogen functional groups attached to an aromatic ring is 1. The lowest BCUT2D eigenvalue weighted by molar-refractivity contribution is 0.102. The quantitative estimate of drug-likeness (QED) is 0.358. The zero-order valence-corrected chi connectivity index (χ0v) is 15.9. The number of hydrogen-bond donors (Lipinski definition) is 2. The molecule has 0 unspecified atom stereocenters. The molecule has 0 saturated carbocycles. The summed E-state index contributed by atoms with van der Waals surface area (Å²) in [5.41, 5.74) is 9.82. The van der Waals surface area contributed by atoms with Crippen LogP contribution in [0.25, 0.3) is 10.9 Å². The van der Waals surface area contributed by atoms with Crippen LogP contribution in [-0.2, 0) is 5.75 Å². The van der Waals surface area contributed by atoms with Crippen molar-refractivity contribution in [1.82, 2.24) is 4.98 Å². The first-order chi connectivity index (χ1) is 13.7. The lowest BCUT2D eigenvalue weighted by Gasteiger charge is -2.09. The van der Waals surface area contributed by atoms with Crippen molar-refractivity contribution in [2.24, 2.45) is 0 Å². The molecule has 0 aliphatic carbocycles. The van der Waals surface area contributed by atoms with Gasteiger partial charge in [-0.25, -0.2) is 0 Å². The average Bonchev–Trinajstić information content (AvgIpc) is 2.74. The van der Waals surface area contributed by atoms with Gasteiger partial charge < -0.3 is 11.1 Å². The summed E-state index contributed by atoms with van der Waals surface area (Å²) in [6.45, 7) is 0. The van der Waals surface area contributed by atoms with Gasteiger partial charge in [-0.15, -0.1) is 11.8 Å². The number of nitrogens with zero attached hydrogens (tertiary/aromatic N) is 1. The van der Waals surface area contributed by atoms with Crippen LogP contribution in [0.5, 0.6) is 0 Å². The lowest BCUT2D eigenvalue weighted by atomic mass is 10.1. The molecule has 0 atom stereocenters. The second-order valence-corrected chi connectivity index (χ2v) is 7.38. The highest BCUT2D eigenvalue weighted by atomic mass is 32.2. The Morgan fingerprint density at radius 3 is 2.54 bits per heavy atom. The predicted octanol–water partition coefficient (Wildman–Crippen LogP) is 5.36. The Balaban J connectivity index is 1.43. The third kappa shape index (κ3) is 4.00. The van der Waals surface area contributed by atoms with Gasteiger partial charge in [0, 0.05) is 27.8 Å². The molecule has 28 heavy (non-hydrogen) atoms. The Morgan fingerprint density at radius 1 is 0.929 bits per heavy atom. The summed E-state index contributed by atoms with van der Waals surface area (Å²) < 4.78 is 0. The first kappa shape index (κ1) is 18.1. The molecule has 5 heteroatoms. The molecule has 4 nitrogen and oxygen atoms in total. The lowest BCUT2D eigenvalue weighted by Crippen LogP contribution is -2.13. The van der Waals surface area contributed by atoms with Crippen LogP contribution >= 0.6 is 11.8 Å². The summed E-state index contributed by atoms with van der Waals surface area (Å²) in [6.07, 6.45) is 1.82. The number of amides is 1. The number of hydrogen-bond acceptors (Lipinski definition) is 4. The van der Waals surface area contributed by atoms with Crippen molar-refractivity contribution in [2.75, 3.05) is 11.1 Å². The van der Waals surface area contributed by atoms with Crippen molar-refractivity contribution in [2.45, 2.75) is 10.6 Å². The summed E-state index contributed by atoms with van der Waals surface area (Å²) >= 11 is 1.74. The van der Waals surface area contributed by atoms with E-state index in [4.69, 9.17) is 5.73 Å². The molecule has 0 bridgehead atoms. The number of carbonyl (C=O) groups is 1. The van der Waals surface area contributed by atoms with E-state index in [0.717, 1.165) is 27.1 Å². The molecule has 0 fully saturated rings. The van der Waals surface area contributed by atoms with E-state index in [-0.39, 0.29) is 5.91 Å². The minimum Gasteiger partial charge on any atom is -0.397 e. The SMILES string of the molecule is Nc1ccccc1NC(=O)c1ccc(CSc2cccc3cccnc23)cc1. The first-order valence-electron chi connectivity index (χ1n) is 8.92. The van der Waals surface area contributed by atoms with Gasteiger partial charge in [0.1, 0.15) is 0 Å². The molecule has 1 aromatic heterocycles. The number of thioether (sulfide) groups is 1. The molecule has 0 radical (unpaired) electrons. The molecule has 4 aromatic rings. The van der Waals surface area contributed by atoms with E-state index in [1.54, 1.807) is 23.9 Å². The first-order valence-corrected chi connectivity index (χ1v) is 9.90. The maximum Gasteiger partial charge on any atom is 0.255 e. The van der Waals surface area contributed by atoms with E-state index < -0.39 is 0 Å². The number of benzene rings is 3. The molecule has 3 N–H and O–H groups in total. The number of anilines is 2. The van der Waals surface area contributed by atoms with Gasteiger partial charge in [-0.3, -0.25) is 9.78 Å². The molecule has 0 aliphatic heterocycles. The molecule has 4 rings (SSSR count). The standard InChI is InChI=1S/C23H19N3OS/c24-19-7-1-2-8-20(19)26-23(27)18-12-10-16(11-13-18)15-28-21-9-3-5-17-6-4-14-25-22(17)21/h1-14H,15,24H2,(H,26,27). The highest BCUT2D eigenvalue weighted by Gasteiger charge is 2.08. The topological polar surface area (TPSA) is 68.0 Å². The van der Waals surface area contributed by atoms with Crippen LogP contribution in [0, 0.1) is 0 Å². The minimum atomic E-state index is -0.171. The molecule has 1 heterocycles. The molecule has 0 spiro atoms. The Labute approximate surface area is 167 Å². The van der Waals surface area contributed by atoms with Crippen molar-refractivity contribution in [3.63, 3.8) is 0 Å². The predicted molar refractivity (Wildman–Crippen MR) is 117 cm³/mol. The van der Waals surface area contributed by atoms with Crippen LogP contribution < -0.4 is 11.1 Å². The Kier molecular flexibility index (Phi) is 5.26. The molecule has 0 saturated heterocycles. The summed E-state index contributed by atoms with van der Waals surface area (Å²) in [4.78, 5) is 18.1. The smallest absolute Gasteiger partial charge is 0.255 e. The van der Waals surface area contributed by atoms with E-state index in [2.05, 4.69) is 34.6 Å². The fraction of sp³-hybridized carbons (Fsp3) is 0.0435. The van der Waals surface area contributed by atoms with E-state index >= 15 is 0 Å². The number of nitrogens with two attached hydrogens (primary N) is 1. The van der Waals surface area contributed by atoms with Gasteiger partial charge in [0.25, 0.3) is 5.91 Å². The third-order valence-corrected chi connectivity index (χ3v) is 5.53. The van der Waals surface area contributed by atoms with Gasteiger partial charge in [0.15, 0.2) is 0 Å². The average molecular weight is 385 g/mol. The minimum absolute atomic E-state index is 0.171. The fourth-order valence-electron chi connectivity index (χ4n) is 2.91. The molecule has 0 aliphatic rings. The molecule has 138 valence electrons. The van der Waals surface area contributed by atoms with Crippen LogP contribution in [0.3, 0.4) is 0 Å². The van der Waals surface area contributed by atoms with Gasteiger partial charge in [-0.05, 0) is 42.0 Å². The monoisotopic (exact) mass is 385 g/mol. The van der Waals surface area contributed by atoms with Gasteiger partial charge in [-0.2, -0.15) is 0 Å². The van der Waals surface area contributed by atoms with Crippen LogP contribution in [0.15, 0.2) is 90.0 Å². The van der Waals surface area contributed by atoms with Crippen molar-refractivity contribution in [3.8, 4) is 0 Å². The van der Waals surface area contributed by atoms with Crippen molar-refractivity contribution < 1.29 is 4.79 Å². The van der Waals surface area contributed by atoms with E-state index in [0.29, 0.717) is 16.9 Å². The van der Waals surface area contributed by atoms with E-state index in [1.165, 1.54) is 0 Å². The van der Waals surface area contributed by atoms with Crippen LogP contribution in [-0.4, -0.2) is 10.9 Å². The highest BCUT2D eigenvalue weighted by molar-refractivity contribution is 7.98. The second-order valence-electron chi connectivity index (χ2n) is 6.36. The number of rotatable bonds is 5. The van der Waals surface area contributed by atoms with Gasteiger partial charge in [-0.1, -0.05) is 42.5 Å². The largest absolute Gasteiger partial charge is 0.397 e. The Morgan fingerprint density at radius 2 is 1.71 bits per heavy atom. The van der Waals surface area contributed by atoms with Gasteiger partial charge in [0.05, 0.1) is 16.9 Å². The van der Waals surface area contributed by atoms with Crippen LogP contribution in [0.1, 0.15) is 15.9 Å². The van der Waals surface area contributed by atoms with E-state index in [1.807, 2.05) is 48.7 Å². The van der Waals surface area contributed by atoms with Crippen molar-refractivity contribution in [3.05, 3.63) is 96.2 Å². The molecule has 3 aromatic carbocycles. The maximum absolute atomic E-state index is 12.4. The number of fused-ring (bicyclic) bond motifs is 1. The fourth-order valence-corrected chi connectivity index (χ4v) is 3.91. The van der Waals surface area contributed by atoms with Crippen molar-refractivity contribution >= 4 is 39.9 Å². The summed E-state index contributed by atoms with van der Waals surface area (Å²) in [7, 11) is 0. The molecular formula is C23H19N3OS. The maximum atomic E-state index is 12.4. The van der Waals surface area contributed by atoms with E-state index in [9.17, 15) is 4.79 Å². The Bertz CT molecular complexity index is 1120. The van der Waals surface area contributed by atoms with Crippen LogP contribution in [0.2, 0.25) is 0 Å². The number of aromatic nitrogens is 1. The number of carbonyl (C=O) groups excluding carboxylic acids is 1. The van der Waals surface area contributed by atoms with Gasteiger partial charge in [0.2, 0.25) is 0 Å². The third-order valence-electron chi connectivity index (χ3n) is 4.42. The molecular weight excluding hydrogens is 366 g/mol. The van der Waals surface area contributed by atoms with Crippen LogP contribution in [0.4, 0.5) is 11.4 Å². The number of pyridine rings is 1. The number of para-hydroxylation sites is 3. The summed E-state index contributed by atoms with van der Waals surface area (Å²) in [6, 6.07) is 25.1. The second kappa shape index (κ2) is 8.15. The zero-order chi connectivity index (χ0) is 19.3.